The van der Waals surface area contributed by atoms with Gasteiger partial charge in [-0.3, -0.25) is 9.59 Å². The Hall–Kier alpha value is -2.04. The third-order valence-corrected chi connectivity index (χ3v) is 3.61. The molecule has 1 amide bonds. The number of phenolic OH excluding ortho intramolecular Hbond substituents is 1. The maximum Gasteiger partial charge on any atom is 0.311 e. The molecule has 1 aliphatic heterocycles. The molecule has 1 aromatic carbocycles. The summed E-state index contributed by atoms with van der Waals surface area (Å²) in [7, 11) is 0. The predicted octanol–water partition coefficient (Wildman–Crippen LogP) is 1.26. The molecular formula is C14H17NO4. The van der Waals surface area contributed by atoms with Crippen LogP contribution in [0.4, 0.5) is 0 Å². The molecule has 0 aliphatic carbocycles. The zero-order chi connectivity index (χ0) is 14.0. The van der Waals surface area contributed by atoms with Gasteiger partial charge in [0.15, 0.2) is 0 Å². The van der Waals surface area contributed by atoms with E-state index in [1.54, 1.807) is 36.1 Å². The maximum atomic E-state index is 12.1. The molecule has 0 spiro atoms. The van der Waals surface area contributed by atoms with Crippen LogP contribution >= 0.6 is 0 Å². The summed E-state index contributed by atoms with van der Waals surface area (Å²) in [5, 5.41) is 18.5. The number of likely N-dealkylation sites (tertiary alicyclic amines) is 1. The van der Waals surface area contributed by atoms with E-state index in [1.807, 2.05) is 0 Å². The van der Waals surface area contributed by atoms with Crippen molar-refractivity contribution in [3.63, 3.8) is 0 Å². The highest BCUT2D eigenvalue weighted by molar-refractivity contribution is 5.82. The molecule has 0 aromatic heterocycles. The smallest absolute Gasteiger partial charge is 0.311 e. The van der Waals surface area contributed by atoms with Gasteiger partial charge in [-0.05, 0) is 31.0 Å². The molecule has 1 heterocycles. The van der Waals surface area contributed by atoms with Crippen molar-refractivity contribution in [3.05, 3.63) is 29.8 Å². The average Bonchev–Trinajstić information content (AvgIpc) is 2.73. The van der Waals surface area contributed by atoms with Crippen molar-refractivity contribution in [2.45, 2.75) is 19.8 Å². The number of hydrogen-bond donors (Lipinski definition) is 2. The van der Waals surface area contributed by atoms with Crippen LogP contribution in [0.5, 0.6) is 5.75 Å². The summed E-state index contributed by atoms with van der Waals surface area (Å²) >= 11 is 0. The number of carboxylic acids is 1. The van der Waals surface area contributed by atoms with Crippen molar-refractivity contribution < 1.29 is 19.8 Å². The summed E-state index contributed by atoms with van der Waals surface area (Å²) in [6.07, 6.45) is 0.665. The van der Waals surface area contributed by atoms with Crippen molar-refractivity contribution in [2.75, 3.05) is 13.1 Å². The van der Waals surface area contributed by atoms with E-state index < -0.39 is 11.4 Å². The van der Waals surface area contributed by atoms with Gasteiger partial charge in [0.05, 0.1) is 11.8 Å². The third kappa shape index (κ3) is 2.86. The van der Waals surface area contributed by atoms with Crippen LogP contribution in [-0.4, -0.2) is 40.1 Å². The minimum Gasteiger partial charge on any atom is -0.508 e. The van der Waals surface area contributed by atoms with Crippen LogP contribution in [0, 0.1) is 5.41 Å². The van der Waals surface area contributed by atoms with E-state index in [2.05, 4.69) is 0 Å². The Bertz CT molecular complexity index is 514. The topological polar surface area (TPSA) is 77.8 Å². The van der Waals surface area contributed by atoms with Crippen LogP contribution in [0.3, 0.4) is 0 Å². The van der Waals surface area contributed by atoms with Gasteiger partial charge in [0.2, 0.25) is 5.91 Å². The van der Waals surface area contributed by atoms with Gasteiger partial charge in [0.25, 0.3) is 0 Å². The summed E-state index contributed by atoms with van der Waals surface area (Å²) in [5.41, 5.74) is -0.108. The number of amides is 1. The number of carboxylic acid groups (broad SMARTS) is 1. The van der Waals surface area contributed by atoms with Crippen molar-refractivity contribution in [1.29, 1.82) is 0 Å². The molecule has 102 valence electrons. The Labute approximate surface area is 111 Å². The zero-order valence-electron chi connectivity index (χ0n) is 10.8. The molecule has 1 aliphatic rings. The first-order valence-corrected chi connectivity index (χ1v) is 6.20. The van der Waals surface area contributed by atoms with Gasteiger partial charge < -0.3 is 15.1 Å². The molecule has 0 radical (unpaired) electrons. The van der Waals surface area contributed by atoms with Gasteiger partial charge in [-0.1, -0.05) is 12.1 Å². The van der Waals surface area contributed by atoms with Crippen molar-refractivity contribution in [1.82, 2.24) is 4.90 Å². The number of carbonyl (C=O) groups excluding carboxylic acids is 1. The van der Waals surface area contributed by atoms with Crippen LogP contribution in [-0.2, 0) is 16.0 Å². The largest absolute Gasteiger partial charge is 0.508 e. The second kappa shape index (κ2) is 4.91. The fourth-order valence-electron chi connectivity index (χ4n) is 2.30. The van der Waals surface area contributed by atoms with Gasteiger partial charge in [0.1, 0.15) is 5.75 Å². The Morgan fingerprint density at radius 1 is 1.42 bits per heavy atom. The number of aromatic hydroxyl groups is 1. The monoisotopic (exact) mass is 263 g/mol. The Kier molecular flexibility index (Phi) is 3.46. The normalized spacial score (nSPS) is 22.5. The highest BCUT2D eigenvalue weighted by Gasteiger charge is 2.41. The summed E-state index contributed by atoms with van der Waals surface area (Å²) in [5.74, 6) is -0.835. The molecule has 0 saturated carbocycles. The lowest BCUT2D eigenvalue weighted by Crippen LogP contribution is -2.35. The van der Waals surface area contributed by atoms with E-state index in [-0.39, 0.29) is 24.6 Å². The summed E-state index contributed by atoms with van der Waals surface area (Å²) < 4.78 is 0. The SMILES string of the molecule is CC1(C(=O)O)CCN(C(=O)Cc2cccc(O)c2)C1. The standard InChI is InChI=1S/C14H17NO4/c1-14(13(18)19)5-6-15(9-14)12(17)8-10-3-2-4-11(16)7-10/h2-4,7,16H,5-6,8-9H2,1H3,(H,18,19). The lowest BCUT2D eigenvalue weighted by atomic mass is 9.90. The lowest BCUT2D eigenvalue weighted by Gasteiger charge is -2.20. The molecule has 19 heavy (non-hydrogen) atoms. The number of benzene rings is 1. The van der Waals surface area contributed by atoms with E-state index >= 15 is 0 Å². The van der Waals surface area contributed by atoms with Gasteiger partial charge in [-0.2, -0.15) is 0 Å². The van der Waals surface area contributed by atoms with Gasteiger partial charge >= 0.3 is 5.97 Å². The molecule has 1 aromatic rings. The molecule has 5 nitrogen and oxygen atoms in total. The summed E-state index contributed by atoms with van der Waals surface area (Å²) in [4.78, 5) is 24.8. The van der Waals surface area contributed by atoms with Crippen LogP contribution in [0.2, 0.25) is 0 Å². The molecule has 2 rings (SSSR count). The molecule has 1 saturated heterocycles. The summed E-state index contributed by atoms with van der Waals surface area (Å²) in [6.45, 7) is 2.39. The first kappa shape index (κ1) is 13.4. The van der Waals surface area contributed by atoms with Crippen molar-refractivity contribution in [3.8, 4) is 5.75 Å². The van der Waals surface area contributed by atoms with Gasteiger partial charge in [-0.25, -0.2) is 0 Å². The average molecular weight is 263 g/mol. The van der Waals surface area contributed by atoms with E-state index in [0.29, 0.717) is 13.0 Å². The molecule has 1 atom stereocenters. The fraction of sp³-hybridized carbons (Fsp3) is 0.429. The molecule has 2 N–H and O–H groups in total. The first-order chi connectivity index (χ1) is 8.90. The van der Waals surface area contributed by atoms with E-state index in [9.17, 15) is 14.7 Å². The zero-order valence-corrected chi connectivity index (χ0v) is 10.8. The number of carbonyl (C=O) groups is 2. The van der Waals surface area contributed by atoms with E-state index in [1.165, 1.54) is 0 Å². The predicted molar refractivity (Wildman–Crippen MR) is 68.8 cm³/mol. The molecule has 0 bridgehead atoms. The van der Waals surface area contributed by atoms with Gasteiger partial charge in [-0.15, -0.1) is 0 Å². The maximum absolute atomic E-state index is 12.1. The van der Waals surface area contributed by atoms with E-state index in [0.717, 1.165) is 5.56 Å². The minimum atomic E-state index is -0.861. The number of phenols is 1. The summed E-state index contributed by atoms with van der Waals surface area (Å²) in [6, 6.07) is 6.54. The first-order valence-electron chi connectivity index (χ1n) is 6.20. The number of aliphatic carboxylic acids is 1. The molecular weight excluding hydrogens is 246 g/mol. The van der Waals surface area contributed by atoms with Crippen LogP contribution in [0.25, 0.3) is 0 Å². The highest BCUT2D eigenvalue weighted by atomic mass is 16.4. The van der Waals surface area contributed by atoms with Gasteiger partial charge in [0, 0.05) is 13.1 Å². The van der Waals surface area contributed by atoms with Crippen LogP contribution < -0.4 is 0 Å². The van der Waals surface area contributed by atoms with E-state index in [4.69, 9.17) is 5.11 Å². The molecule has 5 heteroatoms. The molecule has 1 fully saturated rings. The second-order valence-corrected chi connectivity index (χ2v) is 5.28. The Balaban J connectivity index is 2.01. The second-order valence-electron chi connectivity index (χ2n) is 5.28. The number of rotatable bonds is 3. The van der Waals surface area contributed by atoms with Crippen molar-refractivity contribution >= 4 is 11.9 Å². The Morgan fingerprint density at radius 2 is 2.16 bits per heavy atom. The highest BCUT2D eigenvalue weighted by Crippen LogP contribution is 2.30. The Morgan fingerprint density at radius 3 is 2.74 bits per heavy atom. The number of nitrogens with zero attached hydrogens (tertiary/aromatic N) is 1. The minimum absolute atomic E-state index is 0.101. The van der Waals surface area contributed by atoms with Crippen LogP contribution in [0.1, 0.15) is 18.9 Å². The number of hydrogen-bond acceptors (Lipinski definition) is 3. The van der Waals surface area contributed by atoms with Crippen LogP contribution in [0.15, 0.2) is 24.3 Å². The third-order valence-electron chi connectivity index (χ3n) is 3.61. The van der Waals surface area contributed by atoms with Crippen molar-refractivity contribution in [2.24, 2.45) is 5.41 Å². The molecule has 1 unspecified atom stereocenters. The lowest BCUT2D eigenvalue weighted by molar-refractivity contribution is -0.147. The quantitative estimate of drug-likeness (QED) is 0.860. The fourth-order valence-corrected chi connectivity index (χ4v) is 2.30.